The van der Waals surface area contributed by atoms with Crippen LogP contribution < -0.4 is 0 Å². The summed E-state index contributed by atoms with van der Waals surface area (Å²) in [6.07, 6.45) is 0. The lowest BCUT2D eigenvalue weighted by molar-refractivity contribution is 0.130. The monoisotopic (exact) mass is 416 g/mol. The van der Waals surface area contributed by atoms with Gasteiger partial charge < -0.3 is 9.40 Å². The van der Waals surface area contributed by atoms with E-state index in [-0.39, 0.29) is 18.2 Å². The van der Waals surface area contributed by atoms with Crippen LogP contribution >= 0.6 is 0 Å². The molecular weight excluding hydrogens is 394 g/mol. The quantitative estimate of drug-likeness (QED) is 0.255. The van der Waals surface area contributed by atoms with Gasteiger partial charge in [-0.15, -0.1) is 0 Å². The third-order valence-electron chi connectivity index (χ3n) is 5.11. The maximum absolute atomic E-state index is 13.5. The van der Waals surface area contributed by atoms with Gasteiger partial charge in [-0.05, 0) is 67.4 Å². The van der Waals surface area contributed by atoms with Crippen molar-refractivity contribution in [2.75, 3.05) is 0 Å². The van der Waals surface area contributed by atoms with Crippen LogP contribution in [0.5, 0.6) is 0 Å². The van der Waals surface area contributed by atoms with Crippen molar-refractivity contribution in [1.29, 1.82) is 0 Å². The first-order valence-corrected chi connectivity index (χ1v) is 9.98. The molecule has 3 nitrogen and oxygen atoms in total. The fourth-order valence-electron chi connectivity index (χ4n) is 3.60. The molecule has 0 aliphatic heterocycles. The van der Waals surface area contributed by atoms with Gasteiger partial charge in [0, 0.05) is 16.9 Å². The summed E-state index contributed by atoms with van der Waals surface area (Å²) in [5, 5.41) is 4.26. The second kappa shape index (κ2) is 8.96. The van der Waals surface area contributed by atoms with Crippen LogP contribution in [-0.2, 0) is 11.4 Å². The van der Waals surface area contributed by atoms with E-state index in [1.807, 2.05) is 44.2 Å². The average molecular weight is 416 g/mol. The minimum Gasteiger partial charge on any atom is -0.391 e. The predicted molar refractivity (Wildman–Crippen MR) is 119 cm³/mol. The Hall–Kier alpha value is -3.73. The fraction of sp³-hybridized carbons (Fsp3) is 0.115. The zero-order valence-electron chi connectivity index (χ0n) is 17.3. The number of nitrogens with zero attached hydrogens (tertiary/aromatic N) is 2. The molecule has 0 spiro atoms. The first-order chi connectivity index (χ1) is 15.0. The minimum absolute atomic E-state index is 0.179. The summed E-state index contributed by atoms with van der Waals surface area (Å²) < 4.78 is 28.9. The molecule has 0 aliphatic carbocycles. The highest BCUT2D eigenvalue weighted by molar-refractivity contribution is 6.01. The number of benzene rings is 3. The van der Waals surface area contributed by atoms with E-state index in [1.54, 1.807) is 24.3 Å². The van der Waals surface area contributed by atoms with Gasteiger partial charge in [0.1, 0.15) is 18.2 Å². The molecule has 5 heteroatoms. The molecule has 31 heavy (non-hydrogen) atoms. The predicted octanol–water partition coefficient (Wildman–Crippen LogP) is 6.67. The zero-order chi connectivity index (χ0) is 21.8. The zero-order valence-corrected chi connectivity index (χ0v) is 17.3. The topological polar surface area (TPSA) is 26.5 Å². The Labute approximate surface area is 180 Å². The van der Waals surface area contributed by atoms with E-state index in [9.17, 15) is 8.78 Å². The lowest BCUT2D eigenvalue weighted by atomic mass is 10.1. The molecule has 0 aliphatic rings. The smallest absolute Gasteiger partial charge is 0.142 e. The van der Waals surface area contributed by atoms with Crippen molar-refractivity contribution >= 4 is 5.71 Å². The largest absolute Gasteiger partial charge is 0.391 e. The van der Waals surface area contributed by atoms with Crippen LogP contribution in [0.3, 0.4) is 0 Å². The van der Waals surface area contributed by atoms with E-state index >= 15 is 0 Å². The van der Waals surface area contributed by atoms with Crippen molar-refractivity contribution < 1.29 is 13.6 Å². The van der Waals surface area contributed by atoms with Gasteiger partial charge >= 0.3 is 0 Å². The third-order valence-corrected chi connectivity index (χ3v) is 5.11. The van der Waals surface area contributed by atoms with Crippen LogP contribution in [-0.4, -0.2) is 10.3 Å². The lowest BCUT2D eigenvalue weighted by Crippen LogP contribution is -2.02. The summed E-state index contributed by atoms with van der Waals surface area (Å²) in [5.74, 6) is -0.583. The maximum Gasteiger partial charge on any atom is 0.142 e. The van der Waals surface area contributed by atoms with Crippen molar-refractivity contribution in [3.05, 3.63) is 113 Å². The Morgan fingerprint density at radius 3 is 2.32 bits per heavy atom. The summed E-state index contributed by atoms with van der Waals surface area (Å²) in [6, 6.07) is 24.7. The molecule has 0 saturated carbocycles. The van der Waals surface area contributed by atoms with Gasteiger partial charge in [0.2, 0.25) is 0 Å². The molecule has 156 valence electrons. The Bertz CT molecular complexity index is 1210. The normalized spacial score (nSPS) is 11.5. The van der Waals surface area contributed by atoms with E-state index in [1.165, 1.54) is 24.3 Å². The van der Waals surface area contributed by atoms with Gasteiger partial charge in [0.25, 0.3) is 0 Å². The van der Waals surface area contributed by atoms with Crippen LogP contribution in [0.25, 0.3) is 16.9 Å². The van der Waals surface area contributed by atoms with E-state index < -0.39 is 0 Å². The molecule has 4 rings (SSSR count). The first-order valence-electron chi connectivity index (χ1n) is 9.98. The molecular formula is C26H22F2N2O. The Kier molecular flexibility index (Phi) is 5.94. The molecule has 0 saturated heterocycles. The number of oxime groups is 1. The number of halogens is 2. The van der Waals surface area contributed by atoms with Crippen LogP contribution in [0.2, 0.25) is 0 Å². The molecule has 0 radical (unpaired) electrons. The Morgan fingerprint density at radius 1 is 0.871 bits per heavy atom. The van der Waals surface area contributed by atoms with E-state index in [0.717, 1.165) is 28.2 Å². The molecule has 0 N–H and O–H groups in total. The first kappa shape index (κ1) is 20.5. The highest BCUT2D eigenvalue weighted by Crippen LogP contribution is 2.30. The van der Waals surface area contributed by atoms with Crippen LogP contribution in [0, 0.1) is 18.6 Å². The number of aromatic nitrogens is 1. The summed E-state index contributed by atoms with van der Waals surface area (Å²) in [6.45, 7) is 4.05. The third kappa shape index (κ3) is 4.56. The van der Waals surface area contributed by atoms with Crippen LogP contribution in [0.4, 0.5) is 8.78 Å². The molecule has 0 fully saturated rings. The average Bonchev–Trinajstić information content (AvgIpc) is 3.12. The van der Waals surface area contributed by atoms with E-state index in [0.29, 0.717) is 11.3 Å². The number of rotatable bonds is 6. The van der Waals surface area contributed by atoms with Gasteiger partial charge in [0.15, 0.2) is 0 Å². The lowest BCUT2D eigenvalue weighted by Gasteiger charge is -2.12. The molecule has 0 atom stereocenters. The SMILES string of the molecule is C/C(=N\OCc1cccc(F)c1)c1cc(-c2ccccc2)n(-c2ccc(F)cc2)c1C. The fourth-order valence-corrected chi connectivity index (χ4v) is 3.60. The molecule has 1 aromatic heterocycles. The molecule has 0 amide bonds. The number of hydrogen-bond donors (Lipinski definition) is 0. The van der Waals surface area contributed by atoms with E-state index in [2.05, 4.69) is 15.8 Å². The Morgan fingerprint density at radius 2 is 1.61 bits per heavy atom. The summed E-state index contributed by atoms with van der Waals surface area (Å²) in [7, 11) is 0. The van der Waals surface area contributed by atoms with Gasteiger partial charge in [-0.2, -0.15) is 0 Å². The highest BCUT2D eigenvalue weighted by Gasteiger charge is 2.17. The van der Waals surface area contributed by atoms with Crippen molar-refractivity contribution in [2.45, 2.75) is 20.5 Å². The Balaban J connectivity index is 1.70. The van der Waals surface area contributed by atoms with Gasteiger partial charge in [-0.25, -0.2) is 8.78 Å². The van der Waals surface area contributed by atoms with Crippen molar-refractivity contribution in [1.82, 2.24) is 4.57 Å². The summed E-state index contributed by atoms with van der Waals surface area (Å²) in [5.41, 5.74) is 6.16. The number of hydrogen-bond acceptors (Lipinski definition) is 2. The molecule has 1 heterocycles. The maximum atomic E-state index is 13.5. The summed E-state index contributed by atoms with van der Waals surface area (Å²) >= 11 is 0. The summed E-state index contributed by atoms with van der Waals surface area (Å²) in [4.78, 5) is 5.48. The van der Waals surface area contributed by atoms with Crippen LogP contribution in [0.15, 0.2) is 90.1 Å². The molecule has 0 bridgehead atoms. The second-order valence-corrected chi connectivity index (χ2v) is 7.29. The van der Waals surface area contributed by atoms with Gasteiger partial charge in [-0.1, -0.05) is 47.6 Å². The second-order valence-electron chi connectivity index (χ2n) is 7.29. The van der Waals surface area contributed by atoms with Crippen LogP contribution in [0.1, 0.15) is 23.7 Å². The highest BCUT2D eigenvalue weighted by atomic mass is 19.1. The van der Waals surface area contributed by atoms with Gasteiger partial charge in [0.05, 0.1) is 11.4 Å². The van der Waals surface area contributed by atoms with Gasteiger partial charge in [-0.3, -0.25) is 0 Å². The standard InChI is InChI=1S/C26H22F2N2O/c1-18(29-31-17-20-7-6-10-23(28)15-20)25-16-26(21-8-4-3-5-9-21)30(19(25)2)24-13-11-22(27)12-14-24/h3-16H,17H2,1-2H3/b29-18+. The minimum atomic E-state index is -0.304. The molecule has 0 unspecified atom stereocenters. The van der Waals surface area contributed by atoms with Crippen molar-refractivity contribution in [3.63, 3.8) is 0 Å². The molecule has 4 aromatic rings. The van der Waals surface area contributed by atoms with Crippen molar-refractivity contribution in [2.24, 2.45) is 5.16 Å². The van der Waals surface area contributed by atoms with E-state index in [4.69, 9.17) is 4.84 Å². The van der Waals surface area contributed by atoms with Crippen molar-refractivity contribution in [3.8, 4) is 16.9 Å². The molecule has 3 aromatic carbocycles.